The van der Waals surface area contributed by atoms with E-state index >= 15 is 0 Å². The van der Waals surface area contributed by atoms with Crippen LogP contribution in [0.25, 0.3) is 0 Å². The molecule has 2 heterocycles. The molecule has 2 aromatic heterocycles. The average molecular weight is 239 g/mol. The summed E-state index contributed by atoms with van der Waals surface area (Å²) in [5.41, 5.74) is 1.02. The molecule has 0 aromatic carbocycles. The monoisotopic (exact) mass is 239 g/mol. The Hall–Kier alpha value is -0.710. The van der Waals surface area contributed by atoms with Crippen molar-refractivity contribution < 1.29 is 5.11 Å². The van der Waals surface area contributed by atoms with Gasteiger partial charge in [-0.05, 0) is 26.0 Å². The first-order valence-corrected chi connectivity index (χ1v) is 6.44. The van der Waals surface area contributed by atoms with Crippen molar-refractivity contribution in [1.82, 2.24) is 4.98 Å². The van der Waals surface area contributed by atoms with Gasteiger partial charge in [0.2, 0.25) is 0 Å². The van der Waals surface area contributed by atoms with Gasteiger partial charge in [-0.15, -0.1) is 22.7 Å². The Balaban J connectivity index is 2.20. The zero-order chi connectivity index (χ0) is 10.9. The Morgan fingerprint density at radius 3 is 2.80 bits per heavy atom. The molecule has 0 aliphatic rings. The first-order chi connectivity index (χ1) is 7.08. The van der Waals surface area contributed by atoms with Crippen molar-refractivity contribution in [3.8, 4) is 0 Å². The van der Waals surface area contributed by atoms with Crippen molar-refractivity contribution in [1.29, 1.82) is 0 Å². The van der Waals surface area contributed by atoms with Gasteiger partial charge in [-0.1, -0.05) is 0 Å². The average Bonchev–Trinajstić information content (AvgIpc) is 2.75. The molecule has 2 aromatic rings. The van der Waals surface area contributed by atoms with Crippen LogP contribution in [0.2, 0.25) is 0 Å². The molecule has 0 saturated carbocycles. The van der Waals surface area contributed by atoms with Crippen LogP contribution in [0.1, 0.15) is 21.6 Å². The van der Waals surface area contributed by atoms with Crippen molar-refractivity contribution in [3.05, 3.63) is 38.5 Å². The molecule has 0 bridgehead atoms. The molecule has 1 atom stereocenters. The van der Waals surface area contributed by atoms with Crippen LogP contribution in [0, 0.1) is 6.92 Å². The summed E-state index contributed by atoms with van der Waals surface area (Å²) < 4.78 is 0. The first-order valence-electron chi connectivity index (χ1n) is 4.74. The third-order valence-corrected chi connectivity index (χ3v) is 4.31. The molecule has 0 radical (unpaired) electrons. The SMILES string of the molecule is Cc1ccc(C(C)(O)Cc2cncs2)s1. The molecule has 0 spiro atoms. The molecule has 0 amide bonds. The number of aromatic nitrogens is 1. The summed E-state index contributed by atoms with van der Waals surface area (Å²) in [7, 11) is 0. The molecular formula is C11H13NOS2. The number of thiophene rings is 1. The third-order valence-electron chi connectivity index (χ3n) is 2.27. The lowest BCUT2D eigenvalue weighted by molar-refractivity contribution is 0.0623. The van der Waals surface area contributed by atoms with Crippen LogP contribution in [0.15, 0.2) is 23.8 Å². The second-order valence-corrected chi connectivity index (χ2v) is 6.09. The highest BCUT2D eigenvalue weighted by molar-refractivity contribution is 7.12. The van der Waals surface area contributed by atoms with Crippen LogP contribution in [-0.2, 0) is 12.0 Å². The smallest absolute Gasteiger partial charge is 0.101 e. The summed E-state index contributed by atoms with van der Waals surface area (Å²) in [5, 5.41) is 10.4. The Kier molecular flexibility index (Phi) is 2.91. The zero-order valence-corrected chi connectivity index (χ0v) is 10.4. The number of aliphatic hydroxyl groups is 1. The Morgan fingerprint density at radius 2 is 2.27 bits per heavy atom. The number of rotatable bonds is 3. The summed E-state index contributed by atoms with van der Waals surface area (Å²) in [6.45, 7) is 3.91. The van der Waals surface area contributed by atoms with E-state index in [4.69, 9.17) is 0 Å². The fourth-order valence-electron chi connectivity index (χ4n) is 1.48. The van der Waals surface area contributed by atoms with Crippen molar-refractivity contribution in [2.45, 2.75) is 25.9 Å². The van der Waals surface area contributed by atoms with Crippen LogP contribution in [0.5, 0.6) is 0 Å². The molecule has 15 heavy (non-hydrogen) atoms. The van der Waals surface area contributed by atoms with Crippen LogP contribution >= 0.6 is 22.7 Å². The van der Waals surface area contributed by atoms with Gasteiger partial charge in [0.25, 0.3) is 0 Å². The van der Waals surface area contributed by atoms with Gasteiger partial charge in [-0.3, -0.25) is 4.98 Å². The van der Waals surface area contributed by atoms with E-state index in [0.29, 0.717) is 6.42 Å². The maximum absolute atomic E-state index is 10.4. The lowest BCUT2D eigenvalue weighted by Gasteiger charge is -2.20. The lowest BCUT2D eigenvalue weighted by atomic mass is 10.00. The summed E-state index contributed by atoms with van der Waals surface area (Å²) in [6.07, 6.45) is 2.46. The fraction of sp³-hybridized carbons (Fsp3) is 0.364. The second kappa shape index (κ2) is 4.04. The van der Waals surface area contributed by atoms with Gasteiger partial charge in [-0.2, -0.15) is 0 Å². The standard InChI is InChI=1S/C11H13NOS2/c1-8-3-4-10(15-8)11(2,13)5-9-6-12-7-14-9/h3-4,6-7,13H,5H2,1-2H3. The van der Waals surface area contributed by atoms with Crippen LogP contribution < -0.4 is 0 Å². The maximum Gasteiger partial charge on any atom is 0.101 e. The minimum Gasteiger partial charge on any atom is -0.384 e. The molecule has 0 aliphatic carbocycles. The summed E-state index contributed by atoms with van der Waals surface area (Å²) in [6, 6.07) is 4.04. The predicted octanol–water partition coefficient (Wildman–Crippen LogP) is 2.96. The van der Waals surface area contributed by atoms with Crippen molar-refractivity contribution in [2.24, 2.45) is 0 Å². The van der Waals surface area contributed by atoms with Crippen LogP contribution in [0.4, 0.5) is 0 Å². The van der Waals surface area contributed by atoms with Gasteiger partial charge in [0, 0.05) is 27.2 Å². The predicted molar refractivity (Wildman–Crippen MR) is 64.4 cm³/mol. The zero-order valence-electron chi connectivity index (χ0n) is 8.73. The van der Waals surface area contributed by atoms with Crippen molar-refractivity contribution in [2.75, 3.05) is 0 Å². The van der Waals surface area contributed by atoms with Gasteiger partial charge in [0.1, 0.15) is 5.60 Å². The van der Waals surface area contributed by atoms with Gasteiger partial charge in [-0.25, -0.2) is 0 Å². The minimum absolute atomic E-state index is 0.637. The highest BCUT2D eigenvalue weighted by Crippen LogP contribution is 2.31. The van der Waals surface area contributed by atoms with E-state index in [2.05, 4.69) is 11.9 Å². The van der Waals surface area contributed by atoms with Gasteiger partial charge >= 0.3 is 0 Å². The molecule has 80 valence electrons. The Labute approximate surface area is 97.2 Å². The summed E-state index contributed by atoms with van der Waals surface area (Å²) in [4.78, 5) is 7.39. The van der Waals surface area contributed by atoms with E-state index in [1.807, 2.05) is 25.3 Å². The lowest BCUT2D eigenvalue weighted by Crippen LogP contribution is -2.22. The normalized spacial score (nSPS) is 15.1. The molecule has 2 nitrogen and oxygen atoms in total. The number of aryl methyl sites for hydroxylation is 1. The molecule has 2 rings (SSSR count). The molecule has 4 heteroatoms. The molecule has 1 unspecified atom stereocenters. The number of thiazole rings is 1. The van der Waals surface area contributed by atoms with Gasteiger partial charge in [0.15, 0.2) is 0 Å². The molecular weight excluding hydrogens is 226 g/mol. The van der Waals surface area contributed by atoms with Crippen molar-refractivity contribution in [3.63, 3.8) is 0 Å². The summed E-state index contributed by atoms with van der Waals surface area (Å²) in [5.74, 6) is 0. The van der Waals surface area contributed by atoms with E-state index < -0.39 is 5.60 Å². The Morgan fingerprint density at radius 1 is 1.47 bits per heavy atom. The molecule has 0 aliphatic heterocycles. The number of nitrogens with zero attached hydrogens (tertiary/aromatic N) is 1. The van der Waals surface area contributed by atoms with Crippen LogP contribution in [-0.4, -0.2) is 10.1 Å². The molecule has 0 saturated heterocycles. The number of hydrogen-bond acceptors (Lipinski definition) is 4. The fourth-order valence-corrected chi connectivity index (χ4v) is 3.13. The highest BCUT2D eigenvalue weighted by atomic mass is 32.1. The number of hydrogen-bond donors (Lipinski definition) is 1. The third kappa shape index (κ3) is 2.45. The van der Waals surface area contributed by atoms with Crippen molar-refractivity contribution >= 4 is 22.7 Å². The van der Waals surface area contributed by atoms with E-state index in [-0.39, 0.29) is 0 Å². The topological polar surface area (TPSA) is 33.1 Å². The van der Waals surface area contributed by atoms with E-state index in [1.165, 1.54) is 4.88 Å². The maximum atomic E-state index is 10.4. The highest BCUT2D eigenvalue weighted by Gasteiger charge is 2.25. The van der Waals surface area contributed by atoms with Crippen LogP contribution in [0.3, 0.4) is 0 Å². The first kappa shape index (κ1) is 10.8. The molecule has 0 fully saturated rings. The Bertz CT molecular complexity index is 431. The van der Waals surface area contributed by atoms with Gasteiger partial charge in [0.05, 0.1) is 5.51 Å². The largest absolute Gasteiger partial charge is 0.384 e. The van der Waals surface area contributed by atoms with Gasteiger partial charge < -0.3 is 5.11 Å². The van der Waals surface area contributed by atoms with E-state index in [0.717, 1.165) is 9.75 Å². The van der Waals surface area contributed by atoms with E-state index in [1.54, 1.807) is 28.2 Å². The quantitative estimate of drug-likeness (QED) is 0.893. The molecule has 1 N–H and O–H groups in total. The summed E-state index contributed by atoms with van der Waals surface area (Å²) >= 11 is 3.24. The second-order valence-electron chi connectivity index (χ2n) is 3.83. The minimum atomic E-state index is -0.772. The van der Waals surface area contributed by atoms with E-state index in [9.17, 15) is 5.11 Å².